The average molecular weight is 279 g/mol. The minimum absolute atomic E-state index is 0.0654. The molecule has 3 N–H and O–H groups in total. The molecule has 0 aromatic heterocycles. The van der Waals surface area contributed by atoms with Crippen molar-refractivity contribution < 1.29 is 14.7 Å². The molecule has 0 radical (unpaired) electrons. The van der Waals surface area contributed by atoms with E-state index in [1.54, 1.807) is 19.1 Å². The molecule has 1 atom stereocenters. The van der Waals surface area contributed by atoms with Crippen molar-refractivity contribution in [2.45, 2.75) is 19.9 Å². The van der Waals surface area contributed by atoms with E-state index >= 15 is 0 Å². The first-order chi connectivity index (χ1) is 9.54. The van der Waals surface area contributed by atoms with Gasteiger partial charge in [0.25, 0.3) is 0 Å². The minimum Gasteiger partial charge on any atom is -0.496 e. The van der Waals surface area contributed by atoms with Crippen LogP contribution in [0.2, 0.25) is 0 Å². The summed E-state index contributed by atoms with van der Waals surface area (Å²) in [6.45, 7) is 2.22. The zero-order valence-electron chi connectivity index (χ0n) is 12.0. The first-order valence-corrected chi connectivity index (χ1v) is 6.39. The van der Waals surface area contributed by atoms with Gasteiger partial charge in [0.1, 0.15) is 5.75 Å². The number of para-hydroxylation sites is 1. The molecule has 1 aromatic carbocycles. The van der Waals surface area contributed by atoms with Gasteiger partial charge in [-0.3, -0.25) is 4.79 Å². The quantitative estimate of drug-likeness (QED) is 0.357. The first-order valence-electron chi connectivity index (χ1n) is 6.39. The number of carbonyl (C=O) groups excluding carboxylic acids is 1. The molecule has 0 aliphatic rings. The summed E-state index contributed by atoms with van der Waals surface area (Å²) in [5.74, 6) is -0.137. The van der Waals surface area contributed by atoms with Crippen LogP contribution in [0.15, 0.2) is 29.4 Å². The molecule has 110 valence electrons. The summed E-state index contributed by atoms with van der Waals surface area (Å²) >= 11 is 0. The van der Waals surface area contributed by atoms with Crippen molar-refractivity contribution in [1.29, 1.82) is 0 Å². The molecule has 1 amide bonds. The molecule has 0 saturated carbocycles. The number of nitrogens with two attached hydrogens (primary N) is 1. The van der Waals surface area contributed by atoms with Crippen LogP contribution in [-0.2, 0) is 11.3 Å². The number of benzene rings is 1. The number of amidine groups is 1. The monoisotopic (exact) mass is 279 g/mol. The van der Waals surface area contributed by atoms with E-state index in [2.05, 4.69) is 5.16 Å². The van der Waals surface area contributed by atoms with Crippen molar-refractivity contribution in [2.75, 3.05) is 14.2 Å². The zero-order chi connectivity index (χ0) is 15.1. The summed E-state index contributed by atoms with van der Waals surface area (Å²) < 4.78 is 5.25. The van der Waals surface area contributed by atoms with Crippen molar-refractivity contribution in [3.63, 3.8) is 0 Å². The number of nitrogens with zero attached hydrogens (tertiary/aromatic N) is 2. The molecule has 1 rings (SSSR count). The topological polar surface area (TPSA) is 88.2 Å². The maximum absolute atomic E-state index is 12.3. The number of amides is 1. The standard InChI is InChI=1S/C14H21N3O3/c1-4-11(13(15)16-19)14(18)17(2)9-10-7-5-6-8-12(10)20-3/h5-8,11,19H,4,9H2,1-3H3,(H2,15,16). The minimum atomic E-state index is -0.611. The lowest BCUT2D eigenvalue weighted by Gasteiger charge is -2.23. The number of oxime groups is 1. The van der Waals surface area contributed by atoms with Crippen molar-refractivity contribution in [3.05, 3.63) is 29.8 Å². The predicted octanol–water partition coefficient (Wildman–Crippen LogP) is 1.43. The average Bonchev–Trinajstić information content (AvgIpc) is 2.47. The number of carbonyl (C=O) groups is 1. The third-order valence-electron chi connectivity index (χ3n) is 3.16. The second-order valence-electron chi connectivity index (χ2n) is 4.49. The Morgan fingerprint density at radius 3 is 2.70 bits per heavy atom. The maximum Gasteiger partial charge on any atom is 0.233 e. The highest BCUT2D eigenvalue weighted by molar-refractivity contribution is 6.01. The first kappa shape index (κ1) is 15.8. The van der Waals surface area contributed by atoms with Crippen LogP contribution in [0.25, 0.3) is 0 Å². The van der Waals surface area contributed by atoms with E-state index in [1.165, 1.54) is 0 Å². The Morgan fingerprint density at radius 2 is 2.15 bits per heavy atom. The second-order valence-corrected chi connectivity index (χ2v) is 4.49. The fraction of sp³-hybridized carbons (Fsp3) is 0.429. The Balaban J connectivity index is 2.84. The summed E-state index contributed by atoms with van der Waals surface area (Å²) in [5, 5.41) is 11.6. The molecule has 0 spiro atoms. The van der Waals surface area contributed by atoms with Gasteiger partial charge in [-0.15, -0.1) is 0 Å². The SMILES string of the molecule is CCC(C(=O)N(C)Cc1ccccc1OC)C(N)=NO. The van der Waals surface area contributed by atoms with Crippen molar-refractivity contribution >= 4 is 11.7 Å². The van der Waals surface area contributed by atoms with Gasteiger partial charge in [0.15, 0.2) is 5.84 Å². The molecule has 0 heterocycles. The van der Waals surface area contributed by atoms with Gasteiger partial charge in [-0.1, -0.05) is 30.3 Å². The van der Waals surface area contributed by atoms with Gasteiger partial charge < -0.3 is 20.6 Å². The maximum atomic E-state index is 12.3. The van der Waals surface area contributed by atoms with E-state index in [0.717, 1.165) is 11.3 Å². The fourth-order valence-corrected chi connectivity index (χ4v) is 2.01. The Morgan fingerprint density at radius 1 is 1.50 bits per heavy atom. The molecule has 20 heavy (non-hydrogen) atoms. The van der Waals surface area contributed by atoms with Crippen LogP contribution in [-0.4, -0.2) is 36.0 Å². The van der Waals surface area contributed by atoms with Gasteiger partial charge in [-0.25, -0.2) is 0 Å². The largest absolute Gasteiger partial charge is 0.496 e. The Labute approximate surface area is 118 Å². The van der Waals surface area contributed by atoms with Crippen LogP contribution in [0.4, 0.5) is 0 Å². The number of hydrogen-bond donors (Lipinski definition) is 2. The lowest BCUT2D eigenvalue weighted by atomic mass is 10.0. The summed E-state index contributed by atoms with van der Waals surface area (Å²) in [5.41, 5.74) is 6.45. The number of hydrogen-bond acceptors (Lipinski definition) is 4. The van der Waals surface area contributed by atoms with E-state index < -0.39 is 5.92 Å². The van der Waals surface area contributed by atoms with Gasteiger partial charge in [-0.05, 0) is 12.5 Å². The summed E-state index contributed by atoms with van der Waals surface area (Å²) in [6.07, 6.45) is 0.477. The number of methoxy groups -OCH3 is 1. The van der Waals surface area contributed by atoms with E-state index in [9.17, 15) is 4.79 Å². The van der Waals surface area contributed by atoms with Crippen LogP contribution in [0.3, 0.4) is 0 Å². The summed E-state index contributed by atoms with van der Waals surface area (Å²) in [4.78, 5) is 13.8. The zero-order valence-corrected chi connectivity index (χ0v) is 12.0. The van der Waals surface area contributed by atoms with Crippen molar-refractivity contribution in [2.24, 2.45) is 16.8 Å². The van der Waals surface area contributed by atoms with Gasteiger partial charge in [-0.2, -0.15) is 0 Å². The van der Waals surface area contributed by atoms with Crippen molar-refractivity contribution in [3.8, 4) is 5.75 Å². The van der Waals surface area contributed by atoms with Crippen LogP contribution >= 0.6 is 0 Å². The fourth-order valence-electron chi connectivity index (χ4n) is 2.01. The molecule has 6 nitrogen and oxygen atoms in total. The highest BCUT2D eigenvalue weighted by Crippen LogP contribution is 2.20. The number of rotatable bonds is 6. The Kier molecular flexibility index (Phi) is 5.83. The molecule has 0 bridgehead atoms. The van der Waals surface area contributed by atoms with Crippen LogP contribution in [0, 0.1) is 5.92 Å². The van der Waals surface area contributed by atoms with E-state index in [4.69, 9.17) is 15.7 Å². The van der Waals surface area contributed by atoms with E-state index in [-0.39, 0.29) is 11.7 Å². The molecule has 0 aliphatic heterocycles. The van der Waals surface area contributed by atoms with Crippen LogP contribution in [0.5, 0.6) is 5.75 Å². The summed E-state index contributed by atoms with van der Waals surface area (Å²) in [7, 11) is 3.27. The third-order valence-corrected chi connectivity index (χ3v) is 3.16. The van der Waals surface area contributed by atoms with E-state index in [0.29, 0.717) is 13.0 Å². The third kappa shape index (κ3) is 3.63. The molecule has 0 saturated heterocycles. The summed E-state index contributed by atoms with van der Waals surface area (Å²) in [6, 6.07) is 7.49. The normalized spacial score (nSPS) is 12.8. The lowest BCUT2D eigenvalue weighted by molar-refractivity contribution is -0.132. The second kappa shape index (κ2) is 7.37. The van der Waals surface area contributed by atoms with Gasteiger partial charge in [0.05, 0.1) is 13.0 Å². The molecular weight excluding hydrogens is 258 g/mol. The Bertz CT molecular complexity index is 488. The predicted molar refractivity (Wildman–Crippen MR) is 76.7 cm³/mol. The van der Waals surface area contributed by atoms with Gasteiger partial charge in [0, 0.05) is 19.2 Å². The highest BCUT2D eigenvalue weighted by atomic mass is 16.5. The molecular formula is C14H21N3O3. The van der Waals surface area contributed by atoms with Crippen LogP contribution < -0.4 is 10.5 Å². The number of ether oxygens (including phenoxy) is 1. The van der Waals surface area contributed by atoms with Crippen molar-refractivity contribution in [1.82, 2.24) is 4.90 Å². The Hall–Kier alpha value is -2.24. The smallest absolute Gasteiger partial charge is 0.233 e. The molecule has 0 fully saturated rings. The van der Waals surface area contributed by atoms with Crippen LogP contribution in [0.1, 0.15) is 18.9 Å². The lowest BCUT2D eigenvalue weighted by Crippen LogP contribution is -2.39. The molecule has 1 aromatic rings. The van der Waals surface area contributed by atoms with Gasteiger partial charge in [0.2, 0.25) is 5.91 Å². The molecule has 0 aliphatic carbocycles. The van der Waals surface area contributed by atoms with Gasteiger partial charge >= 0.3 is 0 Å². The molecule has 1 unspecified atom stereocenters. The molecule has 6 heteroatoms. The highest BCUT2D eigenvalue weighted by Gasteiger charge is 2.25. The van der Waals surface area contributed by atoms with E-state index in [1.807, 2.05) is 31.2 Å².